The Balaban J connectivity index is 2.35. The second kappa shape index (κ2) is 4.69. The smallest absolute Gasteiger partial charge is 0.262 e. The minimum absolute atomic E-state index is 0.0680. The second-order valence-corrected chi connectivity index (χ2v) is 4.59. The van der Waals surface area contributed by atoms with Crippen molar-refractivity contribution in [2.75, 3.05) is 12.8 Å². The van der Waals surface area contributed by atoms with Crippen LogP contribution in [0.1, 0.15) is 20.7 Å². The molecule has 0 unspecified atom stereocenters. The lowest BCUT2D eigenvalue weighted by Gasteiger charge is -2.14. The molecule has 1 aromatic carbocycles. The summed E-state index contributed by atoms with van der Waals surface area (Å²) in [5.74, 6) is -2.06. The van der Waals surface area contributed by atoms with Crippen molar-refractivity contribution >= 4 is 17.6 Å². The highest BCUT2D eigenvalue weighted by Crippen LogP contribution is 2.28. The van der Waals surface area contributed by atoms with Crippen LogP contribution in [0.4, 0.5) is 10.2 Å². The quantitative estimate of drug-likeness (QED) is 0.784. The van der Waals surface area contributed by atoms with Crippen LogP contribution in [0, 0.1) is 5.82 Å². The number of aromatic nitrogens is 1. The first-order chi connectivity index (χ1) is 10.4. The highest BCUT2D eigenvalue weighted by molar-refractivity contribution is 6.23. The first-order valence-corrected chi connectivity index (χ1v) is 6.19. The van der Waals surface area contributed by atoms with Gasteiger partial charge >= 0.3 is 0 Å². The van der Waals surface area contributed by atoms with Gasteiger partial charge in [-0.25, -0.2) is 4.39 Å². The number of amides is 2. The zero-order chi connectivity index (χ0) is 16.0. The number of hydrogen-bond acceptors (Lipinski definition) is 5. The van der Waals surface area contributed by atoms with E-state index in [-0.39, 0.29) is 28.4 Å². The number of pyridine rings is 1. The largest absolute Gasteiger partial charge is 0.494 e. The summed E-state index contributed by atoms with van der Waals surface area (Å²) in [6.45, 7) is 0. The van der Waals surface area contributed by atoms with Crippen LogP contribution < -0.4 is 21.3 Å². The molecule has 0 fully saturated rings. The summed E-state index contributed by atoms with van der Waals surface area (Å²) in [5, 5.41) is 2.07. The van der Waals surface area contributed by atoms with Crippen molar-refractivity contribution in [1.82, 2.24) is 9.88 Å². The van der Waals surface area contributed by atoms with Crippen LogP contribution in [-0.2, 0) is 0 Å². The van der Waals surface area contributed by atoms with Crippen molar-refractivity contribution in [2.24, 2.45) is 0 Å². The number of hydrogen-bond donors (Lipinski definition) is 2. The molecule has 2 aromatic rings. The van der Waals surface area contributed by atoms with Crippen LogP contribution in [0.25, 0.3) is 5.69 Å². The first kappa shape index (κ1) is 13.8. The van der Waals surface area contributed by atoms with E-state index in [1.807, 2.05) is 0 Å². The van der Waals surface area contributed by atoms with Gasteiger partial charge in [0, 0.05) is 12.1 Å². The highest BCUT2D eigenvalue weighted by atomic mass is 19.1. The van der Waals surface area contributed by atoms with Crippen molar-refractivity contribution in [3.05, 3.63) is 51.6 Å². The van der Waals surface area contributed by atoms with E-state index in [0.717, 1.165) is 22.8 Å². The number of rotatable bonds is 2. The predicted octanol–water partition coefficient (Wildman–Crippen LogP) is 0.451. The Morgan fingerprint density at radius 3 is 2.59 bits per heavy atom. The summed E-state index contributed by atoms with van der Waals surface area (Å²) in [7, 11) is 1.31. The number of nitrogens with two attached hydrogens (primary N) is 1. The number of nitrogen functional groups attached to an aromatic ring is 1. The van der Waals surface area contributed by atoms with Crippen molar-refractivity contribution in [1.29, 1.82) is 0 Å². The lowest BCUT2D eigenvalue weighted by atomic mass is 10.1. The summed E-state index contributed by atoms with van der Waals surface area (Å²) in [5.41, 5.74) is 5.25. The Morgan fingerprint density at radius 2 is 1.91 bits per heavy atom. The summed E-state index contributed by atoms with van der Waals surface area (Å²) in [4.78, 5) is 35.6. The van der Waals surface area contributed by atoms with E-state index in [2.05, 4.69) is 5.32 Å². The lowest BCUT2D eigenvalue weighted by Crippen LogP contribution is -2.24. The van der Waals surface area contributed by atoms with Crippen LogP contribution in [0.2, 0.25) is 0 Å². The number of benzene rings is 1. The fraction of sp³-hybridized carbons (Fsp3) is 0.0714. The summed E-state index contributed by atoms with van der Waals surface area (Å²) in [6, 6.07) is 4.52. The van der Waals surface area contributed by atoms with Gasteiger partial charge in [0.2, 0.25) is 0 Å². The third-order valence-corrected chi connectivity index (χ3v) is 3.34. The average Bonchev–Trinajstić information content (AvgIpc) is 2.75. The van der Waals surface area contributed by atoms with Crippen molar-refractivity contribution in [2.45, 2.75) is 0 Å². The predicted molar refractivity (Wildman–Crippen MR) is 74.8 cm³/mol. The number of imide groups is 1. The van der Waals surface area contributed by atoms with E-state index in [1.165, 1.54) is 13.2 Å². The number of anilines is 1. The normalized spacial score (nSPS) is 13.0. The molecule has 112 valence electrons. The molecule has 1 aromatic heterocycles. The molecule has 0 bridgehead atoms. The topological polar surface area (TPSA) is 103 Å². The maximum atomic E-state index is 13.3. The van der Waals surface area contributed by atoms with E-state index in [9.17, 15) is 18.8 Å². The van der Waals surface area contributed by atoms with Crippen LogP contribution >= 0.6 is 0 Å². The number of halogens is 1. The molecule has 2 heterocycles. The minimum Gasteiger partial charge on any atom is -0.494 e. The van der Waals surface area contributed by atoms with Crippen LogP contribution in [0.3, 0.4) is 0 Å². The monoisotopic (exact) mass is 303 g/mol. The number of nitrogens with one attached hydrogen (secondary N) is 1. The fourth-order valence-corrected chi connectivity index (χ4v) is 2.36. The molecule has 0 atom stereocenters. The molecular formula is C14H10FN3O4. The lowest BCUT2D eigenvalue weighted by molar-refractivity contribution is 0.0880. The summed E-state index contributed by atoms with van der Waals surface area (Å²) < 4.78 is 19.3. The van der Waals surface area contributed by atoms with Gasteiger partial charge in [-0.15, -0.1) is 0 Å². The number of carbonyl (C=O) groups excluding carboxylic acids is 2. The molecule has 8 heteroatoms. The van der Waals surface area contributed by atoms with Gasteiger partial charge in [0.1, 0.15) is 17.4 Å². The first-order valence-electron chi connectivity index (χ1n) is 6.19. The standard InChI is InChI=1S/C14H10FN3O4/c1-22-9-4-6(15)2-3-8(9)18-10(19)5-7-11(12(18)16)14(21)17-13(7)20/h2-5H,16H2,1H3,(H,17,20,21). The number of ether oxygens (including phenoxy) is 1. The molecule has 0 aliphatic carbocycles. The summed E-state index contributed by atoms with van der Waals surface area (Å²) in [6.07, 6.45) is 0. The number of fused-ring (bicyclic) bond motifs is 1. The molecule has 3 N–H and O–H groups in total. The Hall–Kier alpha value is -3.16. The van der Waals surface area contributed by atoms with Gasteiger partial charge in [0.25, 0.3) is 17.4 Å². The molecule has 0 spiro atoms. The number of methoxy groups -OCH3 is 1. The van der Waals surface area contributed by atoms with Crippen LogP contribution in [0.5, 0.6) is 5.75 Å². The maximum Gasteiger partial charge on any atom is 0.262 e. The molecule has 1 aliphatic heterocycles. The van der Waals surface area contributed by atoms with Crippen LogP contribution in [0.15, 0.2) is 29.1 Å². The number of nitrogens with zero attached hydrogens (tertiary/aromatic N) is 1. The van der Waals surface area contributed by atoms with Gasteiger partial charge in [-0.2, -0.15) is 0 Å². The molecule has 0 saturated heterocycles. The molecule has 0 radical (unpaired) electrons. The zero-order valence-electron chi connectivity index (χ0n) is 11.3. The second-order valence-electron chi connectivity index (χ2n) is 4.59. The molecule has 2 amide bonds. The Bertz CT molecular complexity index is 888. The fourth-order valence-electron chi connectivity index (χ4n) is 2.36. The van der Waals surface area contributed by atoms with Crippen molar-refractivity contribution in [3.63, 3.8) is 0 Å². The van der Waals surface area contributed by atoms with Gasteiger partial charge in [0.15, 0.2) is 0 Å². The Labute approximate surface area is 123 Å². The molecule has 3 rings (SSSR count). The third kappa shape index (κ3) is 1.85. The van der Waals surface area contributed by atoms with Crippen LogP contribution in [-0.4, -0.2) is 23.5 Å². The van der Waals surface area contributed by atoms with Gasteiger partial charge in [-0.3, -0.25) is 24.3 Å². The van der Waals surface area contributed by atoms with E-state index in [4.69, 9.17) is 10.5 Å². The zero-order valence-corrected chi connectivity index (χ0v) is 11.3. The van der Waals surface area contributed by atoms with E-state index >= 15 is 0 Å². The average molecular weight is 303 g/mol. The van der Waals surface area contributed by atoms with E-state index in [0.29, 0.717) is 0 Å². The van der Waals surface area contributed by atoms with Gasteiger partial charge in [-0.05, 0) is 12.1 Å². The third-order valence-electron chi connectivity index (χ3n) is 3.34. The molecule has 7 nitrogen and oxygen atoms in total. The van der Waals surface area contributed by atoms with Gasteiger partial charge in [0.05, 0.1) is 23.9 Å². The van der Waals surface area contributed by atoms with E-state index in [1.54, 1.807) is 0 Å². The molecule has 22 heavy (non-hydrogen) atoms. The summed E-state index contributed by atoms with van der Waals surface area (Å²) >= 11 is 0. The SMILES string of the molecule is COc1cc(F)ccc1-n1c(N)c2c(cc1=O)C(=O)NC2=O. The molecule has 1 aliphatic rings. The van der Waals surface area contributed by atoms with Gasteiger partial charge < -0.3 is 10.5 Å². The minimum atomic E-state index is -0.688. The van der Waals surface area contributed by atoms with Crippen molar-refractivity contribution in [3.8, 4) is 11.4 Å². The van der Waals surface area contributed by atoms with Gasteiger partial charge in [-0.1, -0.05) is 0 Å². The highest BCUT2D eigenvalue weighted by Gasteiger charge is 2.32. The van der Waals surface area contributed by atoms with E-state index < -0.39 is 23.2 Å². The number of carbonyl (C=O) groups is 2. The Morgan fingerprint density at radius 1 is 1.18 bits per heavy atom. The molecular weight excluding hydrogens is 293 g/mol. The van der Waals surface area contributed by atoms with Crippen molar-refractivity contribution < 1.29 is 18.7 Å². The maximum absolute atomic E-state index is 13.3. The Kier molecular flexibility index (Phi) is 2.94. The molecule has 0 saturated carbocycles.